The lowest BCUT2D eigenvalue weighted by Crippen LogP contribution is -2.19. The summed E-state index contributed by atoms with van der Waals surface area (Å²) < 4.78 is 1.85. The summed E-state index contributed by atoms with van der Waals surface area (Å²) >= 11 is 1.61. The van der Waals surface area contributed by atoms with Crippen LogP contribution in [0.2, 0.25) is 0 Å². The topological polar surface area (TPSA) is 55.1 Å². The Bertz CT molecular complexity index is 461. The zero-order chi connectivity index (χ0) is 11.5. The maximum absolute atomic E-state index is 4.54. The van der Waals surface area contributed by atoms with E-state index in [0.717, 1.165) is 35.2 Å². The van der Waals surface area contributed by atoms with Gasteiger partial charge in [0.1, 0.15) is 5.01 Å². The first-order chi connectivity index (χ1) is 7.76. The average Bonchev–Trinajstić information content (AvgIpc) is 2.84. The molecule has 16 heavy (non-hydrogen) atoms. The fraction of sp³-hybridized carbons (Fsp3) is 0.700. The third kappa shape index (κ3) is 2.08. The van der Waals surface area contributed by atoms with E-state index in [1.54, 1.807) is 11.3 Å². The highest BCUT2D eigenvalue weighted by Crippen LogP contribution is 2.20. The van der Waals surface area contributed by atoms with Crippen LogP contribution in [-0.2, 0) is 6.42 Å². The van der Waals surface area contributed by atoms with E-state index in [4.69, 9.17) is 0 Å². The average molecular weight is 239 g/mol. The number of nitrogens with one attached hydrogen (secondary N) is 1. The van der Waals surface area contributed by atoms with E-state index in [2.05, 4.69) is 41.4 Å². The van der Waals surface area contributed by atoms with Crippen molar-refractivity contribution in [1.29, 1.82) is 0 Å². The maximum atomic E-state index is 4.54. The van der Waals surface area contributed by atoms with Gasteiger partial charge in [0.15, 0.2) is 5.82 Å². The largest absolute Gasteiger partial charge is 0.308 e. The Morgan fingerprint density at radius 3 is 2.88 bits per heavy atom. The first kappa shape index (κ1) is 11.5. The van der Waals surface area contributed by atoms with Crippen LogP contribution < -0.4 is 5.32 Å². The number of fused-ring (bicyclic) bond motifs is 1. The smallest absolute Gasteiger partial charge is 0.234 e. The molecule has 2 rings (SSSR count). The van der Waals surface area contributed by atoms with Crippen LogP contribution in [0.1, 0.15) is 44.1 Å². The molecule has 1 unspecified atom stereocenters. The molecule has 1 N–H and O–H groups in total. The minimum atomic E-state index is 0.288. The minimum Gasteiger partial charge on any atom is -0.308 e. The van der Waals surface area contributed by atoms with Gasteiger partial charge in [0.2, 0.25) is 4.96 Å². The van der Waals surface area contributed by atoms with Gasteiger partial charge >= 0.3 is 0 Å². The Balaban J connectivity index is 2.22. The highest BCUT2D eigenvalue weighted by atomic mass is 32.1. The summed E-state index contributed by atoms with van der Waals surface area (Å²) in [5.41, 5.74) is 0. The molecule has 0 spiro atoms. The molecule has 2 aromatic rings. The highest BCUT2D eigenvalue weighted by Gasteiger charge is 2.14. The van der Waals surface area contributed by atoms with E-state index in [0.29, 0.717) is 0 Å². The summed E-state index contributed by atoms with van der Waals surface area (Å²) in [5.74, 6) is 0.931. The van der Waals surface area contributed by atoms with Gasteiger partial charge in [-0.1, -0.05) is 25.2 Å². The van der Waals surface area contributed by atoms with Gasteiger partial charge in [0, 0.05) is 6.42 Å². The molecule has 0 amide bonds. The molecule has 0 bridgehead atoms. The molecule has 6 heteroatoms. The molecule has 88 valence electrons. The van der Waals surface area contributed by atoms with Crippen molar-refractivity contribution in [2.45, 2.75) is 39.7 Å². The summed E-state index contributed by atoms with van der Waals surface area (Å²) in [6.45, 7) is 7.37. The van der Waals surface area contributed by atoms with Crippen LogP contribution in [0.5, 0.6) is 0 Å². The molecule has 0 saturated carbocycles. The summed E-state index contributed by atoms with van der Waals surface area (Å²) in [5, 5.41) is 17.2. The van der Waals surface area contributed by atoms with Crippen molar-refractivity contribution in [3.8, 4) is 0 Å². The Labute approximate surface area is 98.9 Å². The normalized spacial score (nSPS) is 13.4. The molecule has 0 fully saturated rings. The lowest BCUT2D eigenvalue weighted by Gasteiger charge is -2.08. The first-order valence-electron chi connectivity index (χ1n) is 5.70. The SMILES string of the molecule is CCCNC(C)c1nn2c(CC)nnc2s1. The summed E-state index contributed by atoms with van der Waals surface area (Å²) in [6.07, 6.45) is 2.00. The van der Waals surface area contributed by atoms with E-state index >= 15 is 0 Å². The molecule has 0 aliphatic heterocycles. The van der Waals surface area contributed by atoms with Gasteiger partial charge < -0.3 is 5.32 Å². The lowest BCUT2D eigenvalue weighted by molar-refractivity contribution is 0.560. The van der Waals surface area contributed by atoms with Crippen LogP contribution >= 0.6 is 11.3 Å². The standard InChI is InChI=1S/C10H17N5S/c1-4-6-11-7(3)9-14-15-8(5-2)12-13-10(15)16-9/h7,11H,4-6H2,1-3H3. The Kier molecular flexibility index (Phi) is 3.50. The molecule has 0 radical (unpaired) electrons. The third-order valence-corrected chi connectivity index (χ3v) is 3.54. The molecular formula is C10H17N5S. The van der Waals surface area contributed by atoms with Gasteiger partial charge in [-0.15, -0.1) is 10.2 Å². The number of aromatic nitrogens is 4. The lowest BCUT2D eigenvalue weighted by atomic mass is 10.3. The summed E-state index contributed by atoms with van der Waals surface area (Å²) in [6, 6.07) is 0.288. The van der Waals surface area contributed by atoms with Crippen molar-refractivity contribution >= 4 is 16.3 Å². The fourth-order valence-corrected chi connectivity index (χ4v) is 2.40. The van der Waals surface area contributed by atoms with Gasteiger partial charge in [0.25, 0.3) is 0 Å². The number of nitrogens with zero attached hydrogens (tertiary/aromatic N) is 4. The minimum absolute atomic E-state index is 0.288. The van der Waals surface area contributed by atoms with Crippen molar-refractivity contribution in [1.82, 2.24) is 25.1 Å². The third-order valence-electron chi connectivity index (χ3n) is 2.46. The zero-order valence-electron chi connectivity index (χ0n) is 9.90. The van der Waals surface area contributed by atoms with Crippen LogP contribution in [0.15, 0.2) is 0 Å². The quantitative estimate of drug-likeness (QED) is 0.864. The molecule has 0 aliphatic rings. The Morgan fingerprint density at radius 1 is 1.38 bits per heavy atom. The monoisotopic (exact) mass is 239 g/mol. The molecule has 2 aromatic heterocycles. The van der Waals surface area contributed by atoms with E-state index in [1.165, 1.54) is 0 Å². The van der Waals surface area contributed by atoms with E-state index < -0.39 is 0 Å². The van der Waals surface area contributed by atoms with Crippen molar-refractivity contribution < 1.29 is 0 Å². The number of hydrogen-bond donors (Lipinski definition) is 1. The van der Waals surface area contributed by atoms with Crippen molar-refractivity contribution in [3.05, 3.63) is 10.8 Å². The number of rotatable bonds is 5. The highest BCUT2D eigenvalue weighted by molar-refractivity contribution is 7.16. The molecule has 0 saturated heterocycles. The van der Waals surface area contributed by atoms with Crippen LogP contribution in [-0.4, -0.2) is 26.4 Å². The predicted octanol–water partition coefficient (Wildman–Crippen LogP) is 1.81. The van der Waals surface area contributed by atoms with E-state index in [-0.39, 0.29) is 6.04 Å². The van der Waals surface area contributed by atoms with Crippen LogP contribution in [0.25, 0.3) is 4.96 Å². The van der Waals surface area contributed by atoms with Crippen molar-refractivity contribution in [2.75, 3.05) is 6.54 Å². The first-order valence-corrected chi connectivity index (χ1v) is 6.52. The predicted molar refractivity (Wildman–Crippen MR) is 64.7 cm³/mol. The van der Waals surface area contributed by atoms with Crippen LogP contribution in [0.4, 0.5) is 0 Å². The zero-order valence-corrected chi connectivity index (χ0v) is 10.7. The molecule has 5 nitrogen and oxygen atoms in total. The summed E-state index contributed by atoms with van der Waals surface area (Å²) in [7, 11) is 0. The van der Waals surface area contributed by atoms with Crippen LogP contribution in [0, 0.1) is 0 Å². The van der Waals surface area contributed by atoms with Gasteiger partial charge in [-0.2, -0.15) is 9.61 Å². The Morgan fingerprint density at radius 2 is 2.19 bits per heavy atom. The molecule has 0 aromatic carbocycles. The van der Waals surface area contributed by atoms with Gasteiger partial charge in [-0.05, 0) is 19.9 Å². The van der Waals surface area contributed by atoms with Crippen LogP contribution in [0.3, 0.4) is 0 Å². The van der Waals surface area contributed by atoms with Gasteiger partial charge in [-0.3, -0.25) is 0 Å². The van der Waals surface area contributed by atoms with E-state index in [9.17, 15) is 0 Å². The number of aryl methyl sites for hydroxylation is 1. The molecule has 1 atom stereocenters. The van der Waals surface area contributed by atoms with Gasteiger partial charge in [0.05, 0.1) is 6.04 Å². The maximum Gasteiger partial charge on any atom is 0.234 e. The van der Waals surface area contributed by atoms with E-state index in [1.807, 2.05) is 4.52 Å². The Hall–Kier alpha value is -1.01. The second-order valence-corrected chi connectivity index (χ2v) is 4.77. The molecule has 0 aliphatic carbocycles. The second kappa shape index (κ2) is 4.88. The fourth-order valence-electron chi connectivity index (χ4n) is 1.52. The van der Waals surface area contributed by atoms with Crippen molar-refractivity contribution in [3.63, 3.8) is 0 Å². The summed E-state index contributed by atoms with van der Waals surface area (Å²) in [4.78, 5) is 0.886. The number of hydrogen-bond acceptors (Lipinski definition) is 5. The van der Waals surface area contributed by atoms with Crippen molar-refractivity contribution in [2.24, 2.45) is 0 Å². The molecule has 2 heterocycles. The second-order valence-electron chi connectivity index (χ2n) is 3.78. The van der Waals surface area contributed by atoms with Gasteiger partial charge in [-0.25, -0.2) is 0 Å². The molecular weight excluding hydrogens is 222 g/mol.